The molecule has 0 radical (unpaired) electrons. The first-order valence-electron chi connectivity index (χ1n) is 10.5. The third kappa shape index (κ3) is 4.97. The second kappa shape index (κ2) is 8.36. The van der Waals surface area contributed by atoms with Gasteiger partial charge in [-0.15, -0.1) is 0 Å². The van der Waals surface area contributed by atoms with E-state index < -0.39 is 27.2 Å². The topological polar surface area (TPSA) is 103 Å². The molecule has 1 aliphatic rings. The lowest BCUT2D eigenvalue weighted by Crippen LogP contribution is -2.51. The fraction of sp³-hybridized carbons (Fsp3) is 0.409. The van der Waals surface area contributed by atoms with Gasteiger partial charge in [0.25, 0.3) is 11.8 Å². The number of carbonyl (C=O) groups excluding carboxylic acids is 1. The normalized spacial score (nSPS) is 17.6. The number of nitrogens with zero attached hydrogens (tertiary/aromatic N) is 3. The first-order valence-corrected chi connectivity index (χ1v) is 12.4. The van der Waals surface area contributed by atoms with Crippen molar-refractivity contribution in [3.8, 4) is 11.6 Å². The van der Waals surface area contributed by atoms with Crippen molar-refractivity contribution in [3.05, 3.63) is 54.1 Å². The zero-order valence-corrected chi connectivity index (χ0v) is 19.0. The molecule has 0 bridgehead atoms. The summed E-state index contributed by atoms with van der Waals surface area (Å²) in [6.45, 7) is 3.20. The number of imidazole rings is 1. The van der Waals surface area contributed by atoms with Crippen LogP contribution in [0.3, 0.4) is 0 Å². The minimum absolute atomic E-state index is 0.0300. The summed E-state index contributed by atoms with van der Waals surface area (Å²) in [5.41, 5.74) is -0.324. The smallest absolute Gasteiger partial charge is 0.278 e. The Morgan fingerprint density at radius 1 is 1.24 bits per heavy atom. The minimum atomic E-state index is -3.08. The fourth-order valence-corrected chi connectivity index (χ4v) is 5.37. The number of fused-ring (bicyclic) bond motifs is 1. The van der Waals surface area contributed by atoms with Gasteiger partial charge in [-0.25, -0.2) is 27.2 Å². The number of alkyl halides is 2. The third-order valence-corrected chi connectivity index (χ3v) is 7.48. The molecule has 1 fully saturated rings. The number of rotatable bonds is 6. The fourth-order valence-electron chi connectivity index (χ4n) is 3.65. The predicted octanol–water partition coefficient (Wildman–Crippen LogP) is 3.72. The highest BCUT2D eigenvalue weighted by Crippen LogP contribution is 2.37. The van der Waals surface area contributed by atoms with E-state index in [4.69, 9.17) is 4.74 Å². The molecular weight excluding hydrogens is 454 g/mol. The van der Waals surface area contributed by atoms with Crippen LogP contribution in [0.4, 0.5) is 8.78 Å². The van der Waals surface area contributed by atoms with Gasteiger partial charge in [-0.05, 0) is 44.0 Å². The molecule has 4 rings (SSSR count). The molecule has 176 valence electrons. The van der Waals surface area contributed by atoms with Gasteiger partial charge in [-0.3, -0.25) is 4.79 Å². The molecule has 1 amide bonds. The molecule has 0 aliphatic carbocycles. The van der Waals surface area contributed by atoms with Crippen LogP contribution in [0.5, 0.6) is 11.6 Å². The second-order valence-corrected chi connectivity index (χ2v) is 10.7. The van der Waals surface area contributed by atoms with E-state index in [1.165, 1.54) is 37.6 Å². The molecule has 0 atom stereocenters. The standard InChI is InChI=1S/C22H24F2N4O4S/c1-3-22(23,24)16-5-4-10-25-20(16)32-15-6-7-18-26-17(14-28(18)13-15)19(29)27-21(2)8-11-33(30,31)12-9-21/h4-7,10,13-14H,3,8-9,11-12H2,1-2H3,(H,27,29). The van der Waals surface area contributed by atoms with Gasteiger partial charge in [0.15, 0.2) is 0 Å². The van der Waals surface area contributed by atoms with Crippen LogP contribution in [0.2, 0.25) is 0 Å². The molecule has 8 nitrogen and oxygen atoms in total. The van der Waals surface area contributed by atoms with Gasteiger partial charge in [0.05, 0.1) is 23.3 Å². The first kappa shape index (κ1) is 23.1. The number of sulfone groups is 1. The van der Waals surface area contributed by atoms with Gasteiger partial charge in [0.1, 0.15) is 26.9 Å². The Morgan fingerprint density at radius 2 is 1.97 bits per heavy atom. The quantitative estimate of drug-likeness (QED) is 0.579. The highest BCUT2D eigenvalue weighted by molar-refractivity contribution is 7.91. The maximum atomic E-state index is 14.2. The maximum Gasteiger partial charge on any atom is 0.278 e. The van der Waals surface area contributed by atoms with Gasteiger partial charge in [0, 0.05) is 24.4 Å². The lowest BCUT2D eigenvalue weighted by atomic mass is 9.95. The van der Waals surface area contributed by atoms with Crippen LogP contribution in [0.1, 0.15) is 49.2 Å². The van der Waals surface area contributed by atoms with E-state index in [0.29, 0.717) is 18.5 Å². The second-order valence-electron chi connectivity index (χ2n) is 8.44. The average Bonchev–Trinajstić information content (AvgIpc) is 3.20. The molecule has 33 heavy (non-hydrogen) atoms. The monoisotopic (exact) mass is 478 g/mol. The molecule has 1 aliphatic heterocycles. The zero-order chi connectivity index (χ0) is 23.9. The number of hydrogen-bond donors (Lipinski definition) is 1. The third-order valence-electron chi connectivity index (χ3n) is 5.83. The van der Waals surface area contributed by atoms with Gasteiger partial charge in [0.2, 0.25) is 5.88 Å². The number of nitrogens with one attached hydrogen (secondary N) is 1. The lowest BCUT2D eigenvalue weighted by molar-refractivity contribution is -0.0105. The summed E-state index contributed by atoms with van der Waals surface area (Å²) in [5.74, 6) is -3.38. The molecule has 1 saturated heterocycles. The first-order chi connectivity index (χ1) is 15.5. The van der Waals surface area contributed by atoms with Crippen molar-refractivity contribution in [2.24, 2.45) is 0 Å². The van der Waals surface area contributed by atoms with Gasteiger partial charge >= 0.3 is 0 Å². The Balaban J connectivity index is 1.54. The Morgan fingerprint density at radius 3 is 2.67 bits per heavy atom. The van der Waals surface area contributed by atoms with Crippen molar-refractivity contribution in [2.45, 2.75) is 44.6 Å². The summed E-state index contributed by atoms with van der Waals surface area (Å²) in [5, 5.41) is 2.89. The van der Waals surface area contributed by atoms with E-state index in [9.17, 15) is 22.0 Å². The molecule has 0 aromatic carbocycles. The van der Waals surface area contributed by atoms with Crippen LogP contribution in [0, 0.1) is 0 Å². The number of aromatic nitrogens is 3. The van der Waals surface area contributed by atoms with Gasteiger partial charge < -0.3 is 14.5 Å². The predicted molar refractivity (Wildman–Crippen MR) is 117 cm³/mol. The minimum Gasteiger partial charge on any atom is -0.437 e. The van der Waals surface area contributed by atoms with Crippen molar-refractivity contribution in [1.82, 2.24) is 19.7 Å². The van der Waals surface area contributed by atoms with Crippen LogP contribution in [-0.2, 0) is 15.8 Å². The maximum absolute atomic E-state index is 14.2. The summed E-state index contributed by atoms with van der Waals surface area (Å²) in [4.78, 5) is 21.0. The van der Waals surface area contributed by atoms with E-state index in [0.717, 1.165) is 0 Å². The molecular formula is C22H24F2N4O4S. The molecule has 0 saturated carbocycles. The van der Waals surface area contributed by atoms with E-state index in [-0.39, 0.29) is 40.8 Å². The Bertz CT molecular complexity index is 1290. The van der Waals surface area contributed by atoms with Gasteiger partial charge in [-0.1, -0.05) is 6.92 Å². The highest BCUT2D eigenvalue weighted by atomic mass is 32.2. The van der Waals surface area contributed by atoms with Crippen LogP contribution < -0.4 is 10.1 Å². The molecule has 1 N–H and O–H groups in total. The highest BCUT2D eigenvalue weighted by Gasteiger charge is 2.35. The molecule has 0 unspecified atom stereocenters. The summed E-state index contributed by atoms with van der Waals surface area (Å²) < 4.78 is 59.0. The van der Waals surface area contributed by atoms with Crippen molar-refractivity contribution < 1.29 is 26.7 Å². The Hall–Kier alpha value is -3.08. The Kier molecular flexibility index (Phi) is 5.85. The van der Waals surface area contributed by atoms with Crippen molar-refractivity contribution in [2.75, 3.05) is 11.5 Å². The number of carbonyl (C=O) groups is 1. The van der Waals surface area contributed by atoms with Crippen molar-refractivity contribution in [1.29, 1.82) is 0 Å². The number of ether oxygens (including phenoxy) is 1. The van der Waals surface area contributed by atoms with E-state index >= 15 is 0 Å². The largest absolute Gasteiger partial charge is 0.437 e. The molecule has 4 heterocycles. The van der Waals surface area contributed by atoms with E-state index in [1.807, 2.05) is 6.92 Å². The lowest BCUT2D eigenvalue weighted by Gasteiger charge is -2.34. The summed E-state index contributed by atoms with van der Waals surface area (Å²) in [6, 6.07) is 5.86. The van der Waals surface area contributed by atoms with Crippen LogP contribution in [0.15, 0.2) is 42.9 Å². The average molecular weight is 479 g/mol. The number of pyridine rings is 2. The van der Waals surface area contributed by atoms with Crippen LogP contribution in [0.25, 0.3) is 5.65 Å². The van der Waals surface area contributed by atoms with Crippen molar-refractivity contribution >= 4 is 21.4 Å². The molecule has 3 aromatic rings. The number of hydrogen-bond acceptors (Lipinski definition) is 6. The summed E-state index contributed by atoms with van der Waals surface area (Å²) >= 11 is 0. The molecule has 3 aromatic heterocycles. The molecule has 11 heteroatoms. The van der Waals surface area contributed by atoms with Crippen LogP contribution >= 0.6 is 0 Å². The van der Waals surface area contributed by atoms with E-state index in [1.54, 1.807) is 16.5 Å². The summed E-state index contributed by atoms with van der Waals surface area (Å²) in [7, 11) is -3.06. The number of halogens is 2. The van der Waals surface area contributed by atoms with Crippen LogP contribution in [-0.4, -0.2) is 45.7 Å². The summed E-state index contributed by atoms with van der Waals surface area (Å²) in [6.07, 6.45) is 4.68. The van der Waals surface area contributed by atoms with E-state index in [2.05, 4.69) is 15.3 Å². The molecule has 0 spiro atoms. The van der Waals surface area contributed by atoms with Crippen molar-refractivity contribution in [3.63, 3.8) is 0 Å². The number of amides is 1. The zero-order valence-electron chi connectivity index (χ0n) is 18.2. The van der Waals surface area contributed by atoms with Gasteiger partial charge in [-0.2, -0.15) is 0 Å². The Labute approximate surface area is 189 Å². The SMILES string of the molecule is CCC(F)(F)c1cccnc1Oc1ccc2nc(C(=O)NC3(C)CCS(=O)(=O)CC3)cn2c1.